The van der Waals surface area contributed by atoms with Crippen molar-refractivity contribution in [3.05, 3.63) is 71.1 Å². The van der Waals surface area contributed by atoms with Crippen molar-refractivity contribution in [1.82, 2.24) is 5.01 Å². The average Bonchev–Trinajstić information content (AvgIpc) is 2.81. The lowest BCUT2D eigenvalue weighted by Crippen LogP contribution is -2.41. The van der Waals surface area contributed by atoms with Gasteiger partial charge < -0.3 is 35.5 Å². The zero-order valence-electron chi connectivity index (χ0n) is 19.9. The van der Waals surface area contributed by atoms with E-state index in [1.807, 2.05) is 48.5 Å². The molecule has 0 amide bonds. The Bertz CT molecular complexity index is 915. The van der Waals surface area contributed by atoms with Crippen LogP contribution in [0.2, 0.25) is 0 Å². The normalized spacial score (nSPS) is 14.2. The molecule has 0 saturated carbocycles. The van der Waals surface area contributed by atoms with Gasteiger partial charge in [-0.3, -0.25) is 0 Å². The van der Waals surface area contributed by atoms with Crippen LogP contribution in [0.15, 0.2) is 59.9 Å². The molecule has 2 aromatic rings. The van der Waals surface area contributed by atoms with Crippen LogP contribution in [-0.2, 0) is 5.41 Å². The van der Waals surface area contributed by atoms with Gasteiger partial charge in [-0.2, -0.15) is 0 Å². The number of hydrazine groups is 1. The van der Waals surface area contributed by atoms with Gasteiger partial charge in [0.25, 0.3) is 0 Å². The number of benzene rings is 2. The second-order valence-electron chi connectivity index (χ2n) is 8.70. The van der Waals surface area contributed by atoms with Gasteiger partial charge in [0, 0.05) is 11.1 Å². The van der Waals surface area contributed by atoms with Crippen LogP contribution in [0, 0.1) is 0 Å². The highest BCUT2D eigenvalue weighted by Gasteiger charge is 2.23. The molecule has 0 heterocycles. The summed E-state index contributed by atoms with van der Waals surface area (Å²) < 4.78 is 11.2. The summed E-state index contributed by atoms with van der Waals surface area (Å²) in [5, 5.41) is 30.3. The molecular formula is C25H36ClN3O5. The minimum Gasteiger partial charge on any atom is -0.491 e. The number of nitrogens with zero attached hydrogens (tertiary/aromatic N) is 1. The van der Waals surface area contributed by atoms with Crippen molar-refractivity contribution >= 4 is 11.6 Å². The summed E-state index contributed by atoms with van der Waals surface area (Å²) in [4.78, 5) is 0. The van der Waals surface area contributed by atoms with Crippen LogP contribution in [0.25, 0.3) is 0 Å². The second-order valence-corrected chi connectivity index (χ2v) is 9.01. The van der Waals surface area contributed by atoms with Crippen LogP contribution in [-0.4, -0.2) is 64.8 Å². The maximum Gasteiger partial charge on any atom is 0.119 e. The van der Waals surface area contributed by atoms with E-state index in [2.05, 4.69) is 13.8 Å². The van der Waals surface area contributed by atoms with E-state index in [1.54, 1.807) is 6.92 Å². The Morgan fingerprint density at radius 2 is 1.38 bits per heavy atom. The summed E-state index contributed by atoms with van der Waals surface area (Å²) >= 11 is 5.59. The fraction of sp³-hybridized carbons (Fsp3) is 0.440. The van der Waals surface area contributed by atoms with E-state index in [1.165, 1.54) is 5.01 Å². The summed E-state index contributed by atoms with van der Waals surface area (Å²) in [6.07, 6.45) is -1.56. The van der Waals surface area contributed by atoms with Crippen LogP contribution in [0.1, 0.15) is 31.9 Å². The molecule has 0 fully saturated rings. The number of allylic oxidation sites excluding steroid dienone is 1. The molecule has 0 saturated heterocycles. The molecular weight excluding hydrogens is 458 g/mol. The van der Waals surface area contributed by atoms with Crippen LogP contribution in [0.3, 0.4) is 0 Å². The third-order valence-corrected chi connectivity index (χ3v) is 5.93. The van der Waals surface area contributed by atoms with Gasteiger partial charge in [-0.25, -0.2) is 5.84 Å². The van der Waals surface area contributed by atoms with Crippen LogP contribution in [0.5, 0.6) is 11.5 Å². The topological polar surface area (TPSA) is 134 Å². The van der Waals surface area contributed by atoms with Crippen LogP contribution < -0.4 is 21.1 Å². The van der Waals surface area contributed by atoms with E-state index in [0.29, 0.717) is 22.9 Å². The number of halogens is 1. The Kier molecular flexibility index (Phi) is 10.5. The molecule has 2 aromatic carbocycles. The molecule has 0 aliphatic heterocycles. The number of hydrogen-bond acceptors (Lipinski definition) is 8. The van der Waals surface area contributed by atoms with Gasteiger partial charge in [0.1, 0.15) is 36.9 Å². The Hall–Kier alpha value is -2.49. The van der Waals surface area contributed by atoms with Crippen molar-refractivity contribution in [2.75, 3.05) is 32.2 Å². The zero-order chi connectivity index (χ0) is 25.3. The third-order valence-electron chi connectivity index (χ3n) is 5.57. The van der Waals surface area contributed by atoms with Gasteiger partial charge >= 0.3 is 0 Å². The number of hydrogen-bond donors (Lipinski definition) is 5. The molecule has 34 heavy (non-hydrogen) atoms. The smallest absolute Gasteiger partial charge is 0.119 e. The predicted molar refractivity (Wildman–Crippen MR) is 134 cm³/mol. The number of nitrogens with two attached hydrogens (primary N) is 2. The molecule has 2 rings (SSSR count). The number of alkyl halides is 1. The van der Waals surface area contributed by atoms with Gasteiger partial charge in [0.05, 0.1) is 24.7 Å². The number of aliphatic hydroxyl groups is 3. The highest BCUT2D eigenvalue weighted by Crippen LogP contribution is 2.33. The van der Waals surface area contributed by atoms with Gasteiger partial charge in [0.2, 0.25) is 0 Å². The minimum absolute atomic E-state index is 0.0403. The van der Waals surface area contributed by atoms with E-state index in [4.69, 9.17) is 32.7 Å². The van der Waals surface area contributed by atoms with Crippen molar-refractivity contribution in [1.29, 1.82) is 0 Å². The first kappa shape index (κ1) is 27.8. The highest BCUT2D eigenvalue weighted by molar-refractivity contribution is 6.18. The second kappa shape index (κ2) is 12.8. The van der Waals surface area contributed by atoms with E-state index in [-0.39, 0.29) is 37.7 Å². The summed E-state index contributed by atoms with van der Waals surface area (Å²) in [5.74, 6) is 7.29. The Morgan fingerprint density at radius 1 is 0.941 bits per heavy atom. The quantitative estimate of drug-likeness (QED) is 0.163. The van der Waals surface area contributed by atoms with Crippen molar-refractivity contribution in [3.63, 3.8) is 0 Å². The highest BCUT2D eigenvalue weighted by atomic mass is 35.5. The van der Waals surface area contributed by atoms with Crippen molar-refractivity contribution in [2.24, 2.45) is 11.6 Å². The maximum absolute atomic E-state index is 10.2. The molecule has 2 atom stereocenters. The SMILES string of the molecule is C/C(N)=C(\CO)N(N)CC(O)COc1ccc(C(C)(C)c2ccc(OCC(O)CCl)cc2)cc1. The first-order valence-electron chi connectivity index (χ1n) is 11.1. The third kappa shape index (κ3) is 7.78. The van der Waals surface area contributed by atoms with Crippen LogP contribution in [0.4, 0.5) is 0 Å². The Morgan fingerprint density at radius 3 is 1.76 bits per heavy atom. The molecule has 188 valence electrons. The van der Waals surface area contributed by atoms with E-state index < -0.39 is 12.2 Å². The molecule has 0 aromatic heterocycles. The van der Waals surface area contributed by atoms with Gasteiger partial charge in [-0.15, -0.1) is 11.6 Å². The molecule has 0 radical (unpaired) electrons. The largest absolute Gasteiger partial charge is 0.491 e. The van der Waals surface area contributed by atoms with E-state index in [0.717, 1.165) is 11.1 Å². The summed E-state index contributed by atoms with van der Waals surface area (Å²) in [6.45, 7) is 5.84. The summed E-state index contributed by atoms with van der Waals surface area (Å²) in [6, 6.07) is 15.4. The Balaban J connectivity index is 1.95. The van der Waals surface area contributed by atoms with Crippen molar-refractivity contribution in [3.8, 4) is 11.5 Å². The maximum atomic E-state index is 10.2. The number of rotatable bonds is 13. The molecule has 2 unspecified atom stereocenters. The predicted octanol–water partition coefficient (Wildman–Crippen LogP) is 2.09. The summed E-state index contributed by atoms with van der Waals surface area (Å²) in [7, 11) is 0. The number of aliphatic hydroxyl groups excluding tert-OH is 3. The molecule has 8 nitrogen and oxygen atoms in total. The van der Waals surface area contributed by atoms with Crippen molar-refractivity contribution < 1.29 is 24.8 Å². The lowest BCUT2D eigenvalue weighted by Gasteiger charge is -2.27. The van der Waals surface area contributed by atoms with E-state index >= 15 is 0 Å². The molecule has 7 N–H and O–H groups in total. The van der Waals surface area contributed by atoms with E-state index in [9.17, 15) is 15.3 Å². The lowest BCUT2D eigenvalue weighted by atomic mass is 9.78. The minimum atomic E-state index is -0.867. The fourth-order valence-corrected chi connectivity index (χ4v) is 3.45. The number of ether oxygens (including phenoxy) is 2. The van der Waals surface area contributed by atoms with Gasteiger partial charge in [-0.1, -0.05) is 38.1 Å². The zero-order valence-corrected chi connectivity index (χ0v) is 20.7. The monoisotopic (exact) mass is 493 g/mol. The Labute approximate surface area is 206 Å². The fourth-order valence-electron chi connectivity index (χ4n) is 3.36. The molecule has 0 aliphatic rings. The van der Waals surface area contributed by atoms with Gasteiger partial charge in [0.15, 0.2) is 0 Å². The first-order chi connectivity index (χ1) is 16.1. The van der Waals surface area contributed by atoms with Crippen LogP contribution >= 0.6 is 11.6 Å². The molecule has 0 aliphatic carbocycles. The van der Waals surface area contributed by atoms with Crippen molar-refractivity contribution in [2.45, 2.75) is 38.4 Å². The molecule has 0 spiro atoms. The molecule has 9 heteroatoms. The standard InChI is InChI=1S/C25H36ClN3O5/c1-17(27)24(14-30)29(28)13-21(32)16-34-23-10-6-19(7-11-23)25(2,3)18-4-8-22(9-5-18)33-15-20(31)12-26/h4-11,20-21,30-32H,12-16,27-28H2,1-3H3/b24-17-. The van der Waals surface area contributed by atoms with Gasteiger partial charge in [-0.05, 0) is 42.3 Å². The first-order valence-corrected chi connectivity index (χ1v) is 11.6. The average molecular weight is 494 g/mol. The lowest BCUT2D eigenvalue weighted by molar-refractivity contribution is 0.0741. The summed E-state index contributed by atoms with van der Waals surface area (Å²) in [5.41, 5.74) is 8.37. The molecule has 0 bridgehead atoms.